The van der Waals surface area contributed by atoms with Crippen LogP contribution >= 0.6 is 26.6 Å². The van der Waals surface area contributed by atoms with Crippen LogP contribution in [0.25, 0.3) is 0 Å². The molecule has 3 aliphatic carbocycles. The van der Waals surface area contributed by atoms with E-state index in [4.69, 9.17) is 19.4 Å². The van der Waals surface area contributed by atoms with Crippen LogP contribution in [0.2, 0.25) is 0 Å². The van der Waals surface area contributed by atoms with Crippen molar-refractivity contribution in [2.45, 2.75) is 219 Å². The van der Waals surface area contributed by atoms with Crippen molar-refractivity contribution in [3.8, 4) is 0 Å². The first-order valence-electron chi connectivity index (χ1n) is 23.2. The van der Waals surface area contributed by atoms with Gasteiger partial charge in [-0.3, -0.25) is 0 Å². The van der Waals surface area contributed by atoms with Gasteiger partial charge in [0.25, 0.3) is 0 Å². The summed E-state index contributed by atoms with van der Waals surface area (Å²) in [5.41, 5.74) is 14.1. The number of aryl methyl sites for hydroxylation is 6. The summed E-state index contributed by atoms with van der Waals surface area (Å²) in [6, 6.07) is 10.4. The van der Waals surface area contributed by atoms with Gasteiger partial charge in [-0.25, -0.2) is 0 Å². The third-order valence-corrected chi connectivity index (χ3v) is 25.3. The van der Waals surface area contributed by atoms with Gasteiger partial charge in [-0.1, -0.05) is 74.9 Å². The Kier molecular flexibility index (Phi) is 21.1. The van der Waals surface area contributed by atoms with E-state index in [2.05, 4.69) is 100 Å². The summed E-state index contributed by atoms with van der Waals surface area (Å²) in [5, 5.41) is 0. The number of benzene rings is 2. The topological polar surface area (TPSA) is 6.48 Å². The Bertz CT molecular complexity index is 1450. The van der Waals surface area contributed by atoms with Gasteiger partial charge < -0.3 is 27.1 Å². The van der Waals surface area contributed by atoms with Gasteiger partial charge in [0.1, 0.15) is 0 Å². The molecule has 2 unspecified atom stereocenters. The number of nitrogens with zero attached hydrogens (tertiary/aromatic N) is 2. The first-order valence-corrected chi connectivity index (χ1v) is 30.7. The Morgan fingerprint density at radius 2 is 0.881 bits per heavy atom. The molecule has 0 bridgehead atoms. The predicted molar refractivity (Wildman–Crippen MR) is 253 cm³/mol. The summed E-state index contributed by atoms with van der Waals surface area (Å²) in [6.07, 6.45) is 29.7. The van der Waals surface area contributed by atoms with Gasteiger partial charge in [-0.15, -0.1) is 0 Å². The van der Waals surface area contributed by atoms with Crippen molar-refractivity contribution in [1.29, 1.82) is 0 Å². The van der Waals surface area contributed by atoms with Crippen molar-refractivity contribution >= 4 is 49.6 Å². The van der Waals surface area contributed by atoms with Crippen molar-refractivity contribution in [3.63, 3.8) is 0 Å². The van der Waals surface area contributed by atoms with Gasteiger partial charge >= 0.3 is 165 Å². The SMILES string of the molecule is CCCCC1C(CCCC)N(c2c(C)cc(C)cc2C)[CH-]N1c1c(C)cc(C)cc1C.F[B-](F)(F)F.[Cl][Ru]([Cl])=[CH][P+](C1CCCCC1)(C1CCCCC1)C1CCCCC1. The van der Waals surface area contributed by atoms with E-state index >= 15 is 0 Å². The molecule has 1 saturated heterocycles. The minimum atomic E-state index is -6.00. The second-order valence-electron chi connectivity index (χ2n) is 18.4. The Labute approximate surface area is 371 Å². The molecule has 2 aromatic rings. The van der Waals surface area contributed by atoms with E-state index in [1.807, 2.05) is 0 Å². The summed E-state index contributed by atoms with van der Waals surface area (Å²) in [5.74, 6) is 0. The molecule has 2 nitrogen and oxygen atoms in total. The molecule has 11 heteroatoms. The van der Waals surface area contributed by atoms with E-state index < -0.39 is 28.0 Å². The van der Waals surface area contributed by atoms with Crippen LogP contribution in [0.5, 0.6) is 0 Å². The fourth-order valence-electron chi connectivity index (χ4n) is 11.6. The zero-order valence-electron chi connectivity index (χ0n) is 37.7. The Morgan fingerprint density at radius 3 is 1.14 bits per heavy atom. The monoisotopic (exact) mass is 971 g/mol. The zero-order valence-corrected chi connectivity index (χ0v) is 41.9. The molecular weight excluding hydrogens is 894 g/mol. The first-order chi connectivity index (χ1) is 28.0. The fraction of sp³-hybridized carbons (Fsp3) is 0.708. The molecule has 0 amide bonds. The normalized spacial score (nSPS) is 21.4. The molecule has 59 heavy (non-hydrogen) atoms. The molecule has 0 radical (unpaired) electrons. The van der Waals surface area contributed by atoms with Crippen molar-refractivity contribution < 1.29 is 30.8 Å². The molecule has 1 heterocycles. The van der Waals surface area contributed by atoms with Crippen LogP contribution < -0.4 is 9.80 Å². The van der Waals surface area contributed by atoms with Crippen LogP contribution in [0.4, 0.5) is 28.6 Å². The molecule has 1 aliphatic heterocycles. The molecule has 2 atom stereocenters. The Hall–Kier alpha value is -0.672. The van der Waals surface area contributed by atoms with Crippen LogP contribution in [-0.4, -0.2) is 40.7 Å². The molecule has 0 aromatic heterocycles. The minimum absolute atomic E-state index is 0.520. The van der Waals surface area contributed by atoms with E-state index in [1.165, 1.54) is 180 Å². The summed E-state index contributed by atoms with van der Waals surface area (Å²) in [6.45, 7) is 20.6. The summed E-state index contributed by atoms with van der Waals surface area (Å²) < 4.78 is 41.7. The van der Waals surface area contributed by atoms with E-state index in [0.29, 0.717) is 12.1 Å². The quantitative estimate of drug-likeness (QED) is 0.0905. The zero-order chi connectivity index (χ0) is 43.3. The van der Waals surface area contributed by atoms with Crippen LogP contribution in [0.1, 0.15) is 182 Å². The second-order valence-corrected chi connectivity index (χ2v) is 29.1. The third-order valence-electron chi connectivity index (χ3n) is 13.8. The van der Waals surface area contributed by atoms with E-state index in [0.717, 1.165) is 17.0 Å². The Balaban J connectivity index is 0.000000241. The molecule has 0 spiro atoms. The maximum absolute atomic E-state index is 9.75. The van der Waals surface area contributed by atoms with Gasteiger partial charge in [0.15, 0.2) is 0 Å². The molecular formula is C48H77BCl2F4N2PRu-. The summed E-state index contributed by atoms with van der Waals surface area (Å²) in [4.78, 5) is 5.28. The second kappa shape index (κ2) is 24.4. The molecule has 4 aliphatic rings. The van der Waals surface area contributed by atoms with Crippen molar-refractivity contribution in [1.82, 2.24) is 0 Å². The van der Waals surface area contributed by atoms with Gasteiger partial charge in [0, 0.05) is 23.5 Å². The number of rotatable bonds is 12. The molecule has 0 N–H and O–H groups in total. The van der Waals surface area contributed by atoms with Crippen molar-refractivity contribution in [3.05, 3.63) is 64.3 Å². The standard InChI is InChI=1S/C29H43N2.C19H34P.BF4.2ClH.Ru/c1-9-11-13-26-27(14-12-10-2)31(29-24(7)17-21(4)18-25(29)8)19-30(26)28-22(5)15-20(3)16-23(28)6;1-20(17-11-5-2-6-12-17,18-13-7-3-8-14-18)19-15-9-4-10-16-19;2-1(3,4)5;;;/h15-19,26-27H,9-14H2,1-8H3;1,17-19H,2-16H2;;2*1H;/q-1;+1;-1;;;+2/p-2. The number of anilines is 2. The molecule has 6 rings (SSSR count). The maximum atomic E-state index is 9.75. The molecule has 338 valence electrons. The van der Waals surface area contributed by atoms with Crippen LogP contribution in [0, 0.1) is 48.2 Å². The number of unbranched alkanes of at least 4 members (excludes halogenated alkanes) is 2. The van der Waals surface area contributed by atoms with E-state index in [-0.39, 0.29) is 0 Å². The number of hydrogen-bond donors (Lipinski definition) is 0. The van der Waals surface area contributed by atoms with Gasteiger partial charge in [0.2, 0.25) is 0 Å². The third kappa shape index (κ3) is 14.4. The van der Waals surface area contributed by atoms with Crippen LogP contribution in [0.15, 0.2) is 24.3 Å². The van der Waals surface area contributed by atoms with E-state index in [9.17, 15) is 17.3 Å². The van der Waals surface area contributed by atoms with Gasteiger partial charge in [0.05, 0.1) is 0 Å². The molecule has 4 fully saturated rings. The van der Waals surface area contributed by atoms with Gasteiger partial charge in [-0.2, -0.15) is 6.67 Å². The average Bonchev–Trinajstić information content (AvgIpc) is 3.51. The number of hydrogen-bond acceptors (Lipinski definition) is 2. The summed E-state index contributed by atoms with van der Waals surface area (Å²) >= 11 is -1.68. The first kappa shape index (κ1) is 51.0. The number of halogens is 6. The predicted octanol–water partition coefficient (Wildman–Crippen LogP) is 17.1. The van der Waals surface area contributed by atoms with E-state index in [1.54, 1.807) is 0 Å². The molecule has 2 aromatic carbocycles. The fourth-order valence-corrected chi connectivity index (χ4v) is 27.2. The van der Waals surface area contributed by atoms with Gasteiger partial charge in [-0.05, 0) is 76.6 Å². The van der Waals surface area contributed by atoms with Crippen LogP contribution in [-0.2, 0) is 13.5 Å². The van der Waals surface area contributed by atoms with Crippen molar-refractivity contribution in [2.24, 2.45) is 0 Å². The van der Waals surface area contributed by atoms with Crippen LogP contribution in [0.3, 0.4) is 0 Å². The Morgan fingerprint density at radius 1 is 0.593 bits per heavy atom. The molecule has 3 saturated carbocycles. The van der Waals surface area contributed by atoms with Crippen molar-refractivity contribution in [2.75, 3.05) is 9.80 Å². The summed E-state index contributed by atoms with van der Waals surface area (Å²) in [7, 11) is 6.10. The average molecular weight is 972 g/mol.